The SMILES string of the molecule is CC(C)CNCC(Cc1nn(C)c2ccccc12)C(C)C. The van der Waals surface area contributed by atoms with Gasteiger partial charge in [0, 0.05) is 12.4 Å². The topological polar surface area (TPSA) is 29.9 Å². The van der Waals surface area contributed by atoms with Gasteiger partial charge in [-0.25, -0.2) is 0 Å². The van der Waals surface area contributed by atoms with Crippen LogP contribution in [0.2, 0.25) is 0 Å². The van der Waals surface area contributed by atoms with Crippen LogP contribution in [0.3, 0.4) is 0 Å². The van der Waals surface area contributed by atoms with Gasteiger partial charge in [0.1, 0.15) is 0 Å². The van der Waals surface area contributed by atoms with Crippen molar-refractivity contribution in [1.82, 2.24) is 15.1 Å². The van der Waals surface area contributed by atoms with E-state index in [2.05, 4.69) is 57.3 Å². The number of rotatable bonds is 7. The summed E-state index contributed by atoms with van der Waals surface area (Å²) in [5.41, 5.74) is 2.46. The molecule has 0 radical (unpaired) electrons. The molecule has 0 aliphatic rings. The van der Waals surface area contributed by atoms with Crippen LogP contribution in [0.4, 0.5) is 0 Å². The molecule has 3 heteroatoms. The van der Waals surface area contributed by atoms with Crippen LogP contribution in [0.1, 0.15) is 33.4 Å². The fourth-order valence-corrected chi connectivity index (χ4v) is 2.79. The molecule has 3 nitrogen and oxygen atoms in total. The minimum absolute atomic E-state index is 0.627. The van der Waals surface area contributed by atoms with Gasteiger partial charge in [0.05, 0.1) is 11.2 Å². The Bertz CT molecular complexity index is 569. The molecular formula is C18H29N3. The molecule has 1 N–H and O–H groups in total. The van der Waals surface area contributed by atoms with Crippen LogP contribution in [-0.2, 0) is 13.5 Å². The van der Waals surface area contributed by atoms with Gasteiger partial charge in [0.2, 0.25) is 0 Å². The van der Waals surface area contributed by atoms with Crippen LogP contribution >= 0.6 is 0 Å². The second-order valence-corrected chi connectivity index (χ2v) is 6.85. The lowest BCUT2D eigenvalue weighted by Crippen LogP contribution is -2.30. The van der Waals surface area contributed by atoms with Crippen molar-refractivity contribution in [1.29, 1.82) is 0 Å². The highest BCUT2D eigenvalue weighted by Crippen LogP contribution is 2.23. The van der Waals surface area contributed by atoms with Gasteiger partial charge in [-0.15, -0.1) is 0 Å². The van der Waals surface area contributed by atoms with E-state index in [1.807, 2.05) is 11.7 Å². The van der Waals surface area contributed by atoms with E-state index in [4.69, 9.17) is 5.10 Å². The molecule has 0 saturated carbocycles. The van der Waals surface area contributed by atoms with Crippen LogP contribution < -0.4 is 5.32 Å². The van der Waals surface area contributed by atoms with Gasteiger partial charge >= 0.3 is 0 Å². The molecular weight excluding hydrogens is 258 g/mol. The quantitative estimate of drug-likeness (QED) is 0.842. The summed E-state index contributed by atoms with van der Waals surface area (Å²) in [6, 6.07) is 8.52. The van der Waals surface area contributed by atoms with E-state index in [0.717, 1.165) is 19.5 Å². The molecule has 0 aliphatic carbocycles. The van der Waals surface area contributed by atoms with Crippen LogP contribution in [0, 0.1) is 17.8 Å². The van der Waals surface area contributed by atoms with E-state index in [-0.39, 0.29) is 0 Å². The number of aromatic nitrogens is 2. The summed E-state index contributed by atoms with van der Waals surface area (Å²) >= 11 is 0. The number of nitrogens with one attached hydrogen (secondary N) is 1. The minimum atomic E-state index is 0.627. The molecule has 0 aliphatic heterocycles. The predicted octanol–water partition coefficient (Wildman–Crippen LogP) is 3.63. The van der Waals surface area contributed by atoms with Crippen molar-refractivity contribution >= 4 is 10.9 Å². The van der Waals surface area contributed by atoms with Gasteiger partial charge in [-0.3, -0.25) is 4.68 Å². The Labute approximate surface area is 128 Å². The summed E-state index contributed by atoms with van der Waals surface area (Å²) in [7, 11) is 2.03. The minimum Gasteiger partial charge on any atom is -0.316 e. The highest BCUT2D eigenvalue weighted by Gasteiger charge is 2.18. The molecule has 1 heterocycles. The number of para-hydroxylation sites is 1. The second-order valence-electron chi connectivity index (χ2n) is 6.85. The average molecular weight is 287 g/mol. The zero-order valence-corrected chi connectivity index (χ0v) is 14.1. The smallest absolute Gasteiger partial charge is 0.0706 e. The normalized spacial score (nSPS) is 13.5. The van der Waals surface area contributed by atoms with Gasteiger partial charge in [0.25, 0.3) is 0 Å². The van der Waals surface area contributed by atoms with Crippen molar-refractivity contribution in [3.63, 3.8) is 0 Å². The van der Waals surface area contributed by atoms with E-state index >= 15 is 0 Å². The Morgan fingerprint density at radius 2 is 1.81 bits per heavy atom. The van der Waals surface area contributed by atoms with Crippen molar-refractivity contribution in [2.24, 2.45) is 24.8 Å². The number of aryl methyl sites for hydroxylation is 1. The van der Waals surface area contributed by atoms with E-state index in [0.29, 0.717) is 17.8 Å². The van der Waals surface area contributed by atoms with Crippen molar-refractivity contribution < 1.29 is 0 Å². The lowest BCUT2D eigenvalue weighted by Gasteiger charge is -2.21. The van der Waals surface area contributed by atoms with Crippen LogP contribution in [0.5, 0.6) is 0 Å². The van der Waals surface area contributed by atoms with E-state index in [9.17, 15) is 0 Å². The Balaban J connectivity index is 2.11. The molecule has 21 heavy (non-hydrogen) atoms. The van der Waals surface area contributed by atoms with Gasteiger partial charge in [-0.05, 0) is 43.3 Å². The first kappa shape index (κ1) is 16.0. The Hall–Kier alpha value is -1.35. The third kappa shape index (κ3) is 4.07. The zero-order chi connectivity index (χ0) is 15.4. The number of nitrogens with zero attached hydrogens (tertiary/aromatic N) is 2. The third-order valence-electron chi connectivity index (χ3n) is 4.19. The fourth-order valence-electron chi connectivity index (χ4n) is 2.79. The van der Waals surface area contributed by atoms with E-state index in [1.165, 1.54) is 16.6 Å². The molecule has 2 aromatic rings. The summed E-state index contributed by atoms with van der Waals surface area (Å²) in [6.45, 7) is 11.3. The van der Waals surface area contributed by atoms with E-state index in [1.54, 1.807) is 0 Å². The monoisotopic (exact) mass is 287 g/mol. The van der Waals surface area contributed by atoms with E-state index < -0.39 is 0 Å². The van der Waals surface area contributed by atoms with Crippen LogP contribution in [-0.4, -0.2) is 22.9 Å². The van der Waals surface area contributed by atoms with Crippen molar-refractivity contribution in [2.45, 2.75) is 34.1 Å². The fraction of sp³-hybridized carbons (Fsp3) is 0.611. The zero-order valence-electron chi connectivity index (χ0n) is 14.1. The highest BCUT2D eigenvalue weighted by molar-refractivity contribution is 5.81. The molecule has 1 unspecified atom stereocenters. The predicted molar refractivity (Wildman–Crippen MR) is 90.5 cm³/mol. The molecule has 0 fully saturated rings. The molecule has 0 saturated heterocycles. The number of hydrogen-bond acceptors (Lipinski definition) is 2. The third-order valence-corrected chi connectivity index (χ3v) is 4.19. The number of fused-ring (bicyclic) bond motifs is 1. The summed E-state index contributed by atoms with van der Waals surface area (Å²) < 4.78 is 2.00. The lowest BCUT2D eigenvalue weighted by atomic mass is 9.90. The van der Waals surface area contributed by atoms with Crippen LogP contribution in [0.25, 0.3) is 10.9 Å². The maximum Gasteiger partial charge on any atom is 0.0706 e. The second kappa shape index (κ2) is 7.08. The van der Waals surface area contributed by atoms with Gasteiger partial charge in [-0.1, -0.05) is 45.9 Å². The standard InChI is InChI=1S/C18H29N3/c1-13(2)11-19-12-15(14(3)4)10-17-16-8-6-7-9-18(16)21(5)20-17/h6-9,13-15,19H,10-12H2,1-5H3. The Morgan fingerprint density at radius 3 is 2.48 bits per heavy atom. The maximum absolute atomic E-state index is 4.74. The molecule has 1 aromatic heterocycles. The summed E-state index contributed by atoms with van der Waals surface area (Å²) in [6.07, 6.45) is 1.05. The first-order valence-electron chi connectivity index (χ1n) is 8.10. The molecule has 1 aromatic carbocycles. The van der Waals surface area contributed by atoms with Gasteiger partial charge in [-0.2, -0.15) is 5.10 Å². The molecule has 116 valence electrons. The molecule has 2 rings (SSSR count). The van der Waals surface area contributed by atoms with Gasteiger partial charge < -0.3 is 5.32 Å². The Kier molecular flexibility index (Phi) is 5.40. The molecule has 1 atom stereocenters. The first-order valence-corrected chi connectivity index (χ1v) is 8.10. The van der Waals surface area contributed by atoms with Crippen molar-refractivity contribution in [2.75, 3.05) is 13.1 Å². The molecule has 0 bridgehead atoms. The number of hydrogen-bond donors (Lipinski definition) is 1. The molecule has 0 amide bonds. The first-order chi connectivity index (χ1) is 9.99. The van der Waals surface area contributed by atoms with Crippen molar-refractivity contribution in [3.8, 4) is 0 Å². The largest absolute Gasteiger partial charge is 0.316 e. The lowest BCUT2D eigenvalue weighted by molar-refractivity contribution is 0.350. The van der Waals surface area contributed by atoms with Crippen molar-refractivity contribution in [3.05, 3.63) is 30.0 Å². The average Bonchev–Trinajstić information content (AvgIpc) is 2.74. The summed E-state index contributed by atoms with van der Waals surface area (Å²) in [5, 5.41) is 9.65. The Morgan fingerprint density at radius 1 is 1.10 bits per heavy atom. The summed E-state index contributed by atoms with van der Waals surface area (Å²) in [5.74, 6) is 1.99. The highest BCUT2D eigenvalue weighted by atomic mass is 15.3. The van der Waals surface area contributed by atoms with Gasteiger partial charge in [0.15, 0.2) is 0 Å². The number of benzene rings is 1. The van der Waals surface area contributed by atoms with Crippen LogP contribution in [0.15, 0.2) is 24.3 Å². The molecule has 0 spiro atoms. The summed E-state index contributed by atoms with van der Waals surface area (Å²) in [4.78, 5) is 0. The maximum atomic E-state index is 4.74.